The Morgan fingerprint density at radius 3 is 2.43 bits per heavy atom. The molecule has 2 aromatic rings. The Morgan fingerprint density at radius 2 is 1.57 bits per heavy atom. The molecule has 4 rings (SSSR count). The number of hydrogen-bond donors (Lipinski definition) is 0. The maximum absolute atomic E-state index is 12.5. The zero-order valence-corrected chi connectivity index (χ0v) is 11.7. The van der Waals surface area contributed by atoms with Crippen molar-refractivity contribution in [3.8, 4) is 11.1 Å². The summed E-state index contributed by atoms with van der Waals surface area (Å²) in [6.45, 7) is 0.648. The van der Waals surface area contributed by atoms with Crippen molar-refractivity contribution >= 4 is 17.5 Å². The zero-order chi connectivity index (χ0) is 14.6. The number of carbonyl (C=O) groups is 2. The minimum absolute atomic E-state index is 0.0356. The van der Waals surface area contributed by atoms with E-state index in [1.165, 1.54) is 4.90 Å². The molecule has 0 bridgehead atoms. The van der Waals surface area contributed by atoms with E-state index in [0.29, 0.717) is 12.1 Å². The van der Waals surface area contributed by atoms with Crippen LogP contribution in [-0.2, 0) is 11.3 Å². The fourth-order valence-electron chi connectivity index (χ4n) is 3.17. The Morgan fingerprint density at radius 1 is 0.857 bits per heavy atom. The van der Waals surface area contributed by atoms with E-state index in [0.717, 1.165) is 22.4 Å². The van der Waals surface area contributed by atoms with Gasteiger partial charge in [-0.2, -0.15) is 0 Å². The number of fused-ring (bicyclic) bond motifs is 2. The molecule has 2 aliphatic rings. The molecule has 4 heteroatoms. The fraction of sp³-hybridized carbons (Fsp3) is 0.176. The number of amides is 2. The lowest BCUT2D eigenvalue weighted by Gasteiger charge is -2.31. The van der Waals surface area contributed by atoms with Crippen molar-refractivity contribution in [2.45, 2.75) is 6.54 Å². The zero-order valence-electron chi connectivity index (χ0n) is 11.7. The average molecular weight is 278 g/mol. The third-order valence-electron chi connectivity index (χ3n) is 4.19. The molecule has 21 heavy (non-hydrogen) atoms. The lowest BCUT2D eigenvalue weighted by molar-refractivity contribution is -0.119. The van der Waals surface area contributed by atoms with Gasteiger partial charge in [-0.1, -0.05) is 36.4 Å². The number of rotatable bonds is 0. The Kier molecular flexibility index (Phi) is 2.42. The van der Waals surface area contributed by atoms with Gasteiger partial charge in [0.2, 0.25) is 5.91 Å². The van der Waals surface area contributed by atoms with E-state index >= 15 is 0 Å². The van der Waals surface area contributed by atoms with Gasteiger partial charge in [0.25, 0.3) is 5.91 Å². The van der Waals surface area contributed by atoms with Gasteiger partial charge >= 0.3 is 0 Å². The van der Waals surface area contributed by atoms with E-state index < -0.39 is 0 Å². The number of para-hydroxylation sites is 1. The lowest BCUT2D eigenvalue weighted by atomic mass is 9.91. The topological polar surface area (TPSA) is 40.6 Å². The lowest BCUT2D eigenvalue weighted by Crippen LogP contribution is -2.38. The van der Waals surface area contributed by atoms with Gasteiger partial charge in [0.05, 0.1) is 17.8 Å². The second-order valence-corrected chi connectivity index (χ2v) is 5.50. The second kappa shape index (κ2) is 4.19. The summed E-state index contributed by atoms with van der Waals surface area (Å²) < 4.78 is 0. The van der Waals surface area contributed by atoms with Crippen LogP contribution in [0.25, 0.3) is 11.1 Å². The van der Waals surface area contributed by atoms with E-state index in [-0.39, 0.29) is 18.4 Å². The van der Waals surface area contributed by atoms with Gasteiger partial charge in [-0.3, -0.25) is 9.59 Å². The second-order valence-electron chi connectivity index (χ2n) is 5.50. The molecule has 2 aliphatic heterocycles. The number of hydrogen-bond acceptors (Lipinski definition) is 2. The molecule has 0 aliphatic carbocycles. The molecule has 0 radical (unpaired) electrons. The first-order chi connectivity index (χ1) is 10.2. The molecule has 0 saturated carbocycles. The summed E-state index contributed by atoms with van der Waals surface area (Å²) in [5.41, 5.74) is 4.56. The van der Waals surface area contributed by atoms with Gasteiger partial charge in [-0.05, 0) is 17.2 Å². The highest BCUT2D eigenvalue weighted by Crippen LogP contribution is 2.42. The highest BCUT2D eigenvalue weighted by atomic mass is 16.2. The maximum Gasteiger partial charge on any atom is 0.256 e. The maximum atomic E-state index is 12.5. The number of benzene rings is 2. The van der Waals surface area contributed by atoms with E-state index in [1.807, 2.05) is 36.4 Å². The predicted molar refractivity (Wildman–Crippen MR) is 80.0 cm³/mol. The first-order valence-electron chi connectivity index (χ1n) is 6.94. The molecule has 104 valence electrons. The van der Waals surface area contributed by atoms with Gasteiger partial charge in [-0.15, -0.1) is 0 Å². The summed E-state index contributed by atoms with van der Waals surface area (Å²) in [6.07, 6.45) is 0. The van der Waals surface area contributed by atoms with Crippen molar-refractivity contribution in [3.05, 3.63) is 53.6 Å². The van der Waals surface area contributed by atoms with Crippen molar-refractivity contribution in [1.29, 1.82) is 0 Å². The molecule has 2 heterocycles. The van der Waals surface area contributed by atoms with Crippen LogP contribution in [0.15, 0.2) is 42.5 Å². The molecule has 4 nitrogen and oxygen atoms in total. The van der Waals surface area contributed by atoms with Crippen LogP contribution in [0.4, 0.5) is 5.69 Å². The van der Waals surface area contributed by atoms with Gasteiger partial charge < -0.3 is 9.80 Å². The first kappa shape index (κ1) is 12.1. The Labute approximate surface area is 122 Å². The van der Waals surface area contributed by atoms with E-state index in [2.05, 4.69) is 0 Å². The highest BCUT2D eigenvalue weighted by Gasteiger charge is 2.34. The summed E-state index contributed by atoms with van der Waals surface area (Å²) in [5.74, 6) is -0.131. The van der Waals surface area contributed by atoms with Gasteiger partial charge in [0, 0.05) is 12.6 Å². The molecule has 0 fully saturated rings. The Bertz CT molecular complexity index is 782. The third kappa shape index (κ3) is 1.62. The molecule has 0 aromatic heterocycles. The largest absolute Gasteiger partial charge is 0.332 e. The molecule has 0 unspecified atom stereocenters. The van der Waals surface area contributed by atoms with Crippen LogP contribution in [-0.4, -0.2) is 30.3 Å². The van der Waals surface area contributed by atoms with Crippen molar-refractivity contribution < 1.29 is 9.59 Å². The summed E-state index contributed by atoms with van der Waals surface area (Å²) in [5, 5.41) is 0. The minimum Gasteiger partial charge on any atom is -0.332 e. The van der Waals surface area contributed by atoms with E-state index in [9.17, 15) is 9.59 Å². The SMILES string of the molecule is CN1CC(=O)N2Cc3ccccc3-c3cccc(c32)C1=O. The molecule has 0 N–H and O–H groups in total. The fourth-order valence-corrected chi connectivity index (χ4v) is 3.17. The van der Waals surface area contributed by atoms with Gasteiger partial charge in [-0.25, -0.2) is 0 Å². The first-order valence-corrected chi connectivity index (χ1v) is 6.94. The minimum atomic E-state index is -0.0953. The monoisotopic (exact) mass is 278 g/mol. The third-order valence-corrected chi connectivity index (χ3v) is 4.19. The van der Waals surface area contributed by atoms with Crippen LogP contribution in [0.5, 0.6) is 0 Å². The average Bonchev–Trinajstić information content (AvgIpc) is 2.60. The van der Waals surface area contributed by atoms with E-state index in [1.54, 1.807) is 18.0 Å². The summed E-state index contributed by atoms with van der Waals surface area (Å²) in [4.78, 5) is 28.2. The Hall–Kier alpha value is -2.62. The molecule has 2 amide bonds. The molecule has 0 spiro atoms. The summed E-state index contributed by atoms with van der Waals surface area (Å²) in [6, 6.07) is 13.7. The van der Waals surface area contributed by atoms with Gasteiger partial charge in [0.15, 0.2) is 0 Å². The van der Waals surface area contributed by atoms with Crippen molar-refractivity contribution in [2.24, 2.45) is 0 Å². The number of carbonyl (C=O) groups excluding carboxylic acids is 2. The van der Waals surface area contributed by atoms with Crippen LogP contribution in [0.2, 0.25) is 0 Å². The number of anilines is 1. The highest BCUT2D eigenvalue weighted by molar-refractivity contribution is 6.13. The molecular weight excluding hydrogens is 264 g/mol. The molecule has 2 aromatic carbocycles. The van der Waals surface area contributed by atoms with Crippen LogP contribution < -0.4 is 4.90 Å². The smallest absolute Gasteiger partial charge is 0.256 e. The predicted octanol–water partition coefficient (Wildman–Crippen LogP) is 2.29. The molecular formula is C17H14N2O2. The summed E-state index contributed by atoms with van der Waals surface area (Å²) >= 11 is 0. The van der Waals surface area contributed by atoms with E-state index in [4.69, 9.17) is 0 Å². The normalized spacial score (nSPS) is 16.4. The quantitative estimate of drug-likeness (QED) is 0.742. The van der Waals surface area contributed by atoms with Gasteiger partial charge in [0.1, 0.15) is 6.54 Å². The van der Waals surface area contributed by atoms with Crippen LogP contribution in [0.3, 0.4) is 0 Å². The van der Waals surface area contributed by atoms with Crippen molar-refractivity contribution in [2.75, 3.05) is 18.5 Å². The molecule has 0 atom stereocenters. The van der Waals surface area contributed by atoms with Crippen LogP contribution in [0, 0.1) is 0 Å². The number of nitrogens with zero attached hydrogens (tertiary/aromatic N) is 2. The standard InChI is InChI=1S/C17H14N2O2/c1-18-10-15(20)19-9-11-5-2-3-6-12(11)13-7-4-8-14(16(13)19)17(18)21/h2-8H,9-10H2,1H3. The molecule has 0 saturated heterocycles. The van der Waals surface area contributed by atoms with Crippen LogP contribution in [0.1, 0.15) is 15.9 Å². The van der Waals surface area contributed by atoms with Crippen molar-refractivity contribution in [1.82, 2.24) is 4.90 Å². The van der Waals surface area contributed by atoms with Crippen LogP contribution >= 0.6 is 0 Å². The Balaban J connectivity index is 2.06. The van der Waals surface area contributed by atoms with Crippen molar-refractivity contribution in [3.63, 3.8) is 0 Å². The summed E-state index contributed by atoms with van der Waals surface area (Å²) in [7, 11) is 1.67. The number of likely N-dealkylation sites (N-methyl/N-ethyl adjacent to an activating group) is 1.